The summed E-state index contributed by atoms with van der Waals surface area (Å²) < 4.78 is 22.3. The maximum absolute atomic E-state index is 13.2. The van der Waals surface area contributed by atoms with Crippen molar-refractivity contribution in [3.63, 3.8) is 0 Å². The van der Waals surface area contributed by atoms with Gasteiger partial charge in [0.1, 0.15) is 5.75 Å². The highest BCUT2D eigenvalue weighted by atomic mass is 16.5. The molecule has 0 saturated carbocycles. The minimum Gasteiger partial charge on any atom is -0.493 e. The highest BCUT2D eigenvalue weighted by molar-refractivity contribution is 5.81. The van der Waals surface area contributed by atoms with Crippen molar-refractivity contribution < 1.29 is 23.7 Å². The highest BCUT2D eigenvalue weighted by Crippen LogP contribution is 2.28. The van der Waals surface area contributed by atoms with E-state index in [1.54, 1.807) is 33.7 Å². The number of amides is 1. The van der Waals surface area contributed by atoms with Crippen LogP contribution in [0, 0.1) is 0 Å². The minimum absolute atomic E-state index is 0.194. The summed E-state index contributed by atoms with van der Waals surface area (Å²) in [7, 11) is 4.88. The fraction of sp³-hybridized carbons (Fsp3) is 0.333. The van der Waals surface area contributed by atoms with E-state index in [0.29, 0.717) is 50.0 Å². The van der Waals surface area contributed by atoms with Crippen molar-refractivity contribution in [2.75, 3.05) is 41.0 Å². The van der Waals surface area contributed by atoms with Crippen LogP contribution in [0.3, 0.4) is 0 Å². The Bertz CT molecular complexity index is 1030. The Hall–Kier alpha value is -3.62. The number of carbonyl (C=O) groups is 1. The zero-order valence-electron chi connectivity index (χ0n) is 20.5. The molecule has 35 heavy (non-hydrogen) atoms. The molecular weight excluding hydrogens is 446 g/mol. The summed E-state index contributed by atoms with van der Waals surface area (Å²) in [6.45, 7) is 2.48. The third-order valence-electron chi connectivity index (χ3n) is 5.42. The van der Waals surface area contributed by atoms with E-state index in [2.05, 4.69) is 15.2 Å². The fourth-order valence-electron chi connectivity index (χ4n) is 3.57. The Morgan fingerprint density at radius 1 is 0.943 bits per heavy atom. The number of methoxy groups -OCH3 is 3. The van der Waals surface area contributed by atoms with Crippen LogP contribution in [-0.2, 0) is 22.6 Å². The van der Waals surface area contributed by atoms with Crippen molar-refractivity contribution in [2.45, 2.75) is 19.2 Å². The van der Waals surface area contributed by atoms with E-state index < -0.39 is 6.10 Å². The van der Waals surface area contributed by atoms with Gasteiger partial charge in [0.15, 0.2) is 17.6 Å². The summed E-state index contributed by atoms with van der Waals surface area (Å²) in [6.07, 6.45) is 2.68. The van der Waals surface area contributed by atoms with Gasteiger partial charge in [0.05, 0.1) is 20.8 Å². The van der Waals surface area contributed by atoms with Crippen molar-refractivity contribution in [3.8, 4) is 17.2 Å². The van der Waals surface area contributed by atoms with Gasteiger partial charge in [-0.15, -0.1) is 0 Å². The van der Waals surface area contributed by atoms with Gasteiger partial charge in [-0.05, 0) is 47.5 Å². The first-order valence-corrected chi connectivity index (χ1v) is 11.4. The first-order valence-electron chi connectivity index (χ1n) is 11.4. The lowest BCUT2D eigenvalue weighted by molar-refractivity contribution is -0.129. The summed E-state index contributed by atoms with van der Waals surface area (Å²) in [5.41, 5.74) is 1.99. The van der Waals surface area contributed by atoms with Crippen molar-refractivity contribution in [1.82, 2.24) is 15.2 Å². The van der Waals surface area contributed by atoms with Crippen LogP contribution < -0.4 is 19.5 Å². The van der Waals surface area contributed by atoms with Crippen LogP contribution in [0.25, 0.3) is 0 Å². The second kappa shape index (κ2) is 13.9. The lowest BCUT2D eigenvalue weighted by Gasteiger charge is -2.27. The van der Waals surface area contributed by atoms with Gasteiger partial charge in [0, 0.05) is 45.7 Å². The molecule has 1 N–H and O–H groups in total. The van der Waals surface area contributed by atoms with Crippen LogP contribution >= 0.6 is 0 Å². The van der Waals surface area contributed by atoms with Crippen LogP contribution in [0.15, 0.2) is 73.1 Å². The van der Waals surface area contributed by atoms with Crippen LogP contribution in [0.1, 0.15) is 11.1 Å². The summed E-state index contributed by atoms with van der Waals surface area (Å²) in [5.74, 6) is 1.76. The zero-order valence-corrected chi connectivity index (χ0v) is 20.5. The Labute approximate surface area is 206 Å². The molecule has 0 fully saturated rings. The number of hydrogen-bond donors (Lipinski definition) is 1. The van der Waals surface area contributed by atoms with Crippen LogP contribution in [-0.4, -0.2) is 62.9 Å². The lowest BCUT2D eigenvalue weighted by atomic mass is 10.1. The summed E-state index contributed by atoms with van der Waals surface area (Å²) in [5, 5.41) is 2.99. The number of nitrogens with one attached hydrogen (secondary N) is 1. The average Bonchev–Trinajstić information content (AvgIpc) is 2.91. The molecule has 0 bridgehead atoms. The number of aromatic nitrogens is 1. The number of rotatable bonds is 14. The van der Waals surface area contributed by atoms with E-state index in [9.17, 15) is 4.79 Å². The van der Waals surface area contributed by atoms with E-state index in [4.69, 9.17) is 18.9 Å². The molecule has 1 aromatic heterocycles. The molecule has 0 aliphatic heterocycles. The largest absolute Gasteiger partial charge is 0.493 e. The molecule has 8 nitrogen and oxygen atoms in total. The lowest BCUT2D eigenvalue weighted by Crippen LogP contribution is -2.46. The molecule has 186 valence electrons. The van der Waals surface area contributed by atoms with Crippen LogP contribution in [0.2, 0.25) is 0 Å². The molecule has 3 rings (SSSR count). The molecule has 1 amide bonds. The minimum atomic E-state index is -0.726. The Morgan fingerprint density at radius 2 is 1.69 bits per heavy atom. The van der Waals surface area contributed by atoms with E-state index >= 15 is 0 Å². The van der Waals surface area contributed by atoms with Crippen molar-refractivity contribution >= 4 is 5.91 Å². The fourth-order valence-corrected chi connectivity index (χ4v) is 3.57. The first kappa shape index (κ1) is 26.0. The second-order valence-corrected chi connectivity index (χ2v) is 7.91. The van der Waals surface area contributed by atoms with Gasteiger partial charge in [-0.3, -0.25) is 14.7 Å². The molecule has 8 heteroatoms. The molecule has 1 heterocycles. The van der Waals surface area contributed by atoms with Gasteiger partial charge in [-0.2, -0.15) is 0 Å². The van der Waals surface area contributed by atoms with Gasteiger partial charge in [0.2, 0.25) is 0 Å². The number of ether oxygens (including phenoxy) is 4. The Kier molecular flexibility index (Phi) is 10.3. The van der Waals surface area contributed by atoms with Gasteiger partial charge in [-0.25, -0.2) is 0 Å². The molecule has 3 aromatic rings. The average molecular weight is 480 g/mol. The van der Waals surface area contributed by atoms with Gasteiger partial charge < -0.3 is 24.3 Å². The molecule has 0 aliphatic carbocycles. The van der Waals surface area contributed by atoms with Gasteiger partial charge in [0.25, 0.3) is 5.91 Å². The topological polar surface area (TPSA) is 82.2 Å². The highest BCUT2D eigenvalue weighted by Gasteiger charge is 2.24. The van der Waals surface area contributed by atoms with Crippen molar-refractivity contribution in [1.29, 1.82) is 0 Å². The maximum atomic E-state index is 13.2. The van der Waals surface area contributed by atoms with Gasteiger partial charge >= 0.3 is 0 Å². The SMILES string of the molecule is COCCN(Cc1ccc(OC)c(OC)c1)CC(Oc1ccccc1)C(=O)NCc1ccncc1. The second-order valence-electron chi connectivity index (χ2n) is 7.91. The van der Waals surface area contributed by atoms with Crippen LogP contribution in [0.4, 0.5) is 0 Å². The molecule has 0 radical (unpaired) electrons. The monoisotopic (exact) mass is 479 g/mol. The predicted octanol–water partition coefficient (Wildman–Crippen LogP) is 3.31. The number of pyridine rings is 1. The number of hydrogen-bond acceptors (Lipinski definition) is 7. The molecule has 0 spiro atoms. The number of nitrogens with zero attached hydrogens (tertiary/aromatic N) is 2. The molecule has 1 atom stereocenters. The Morgan fingerprint density at radius 3 is 2.37 bits per heavy atom. The standard InChI is InChI=1S/C27H33N3O5/c1-32-16-15-30(19-22-9-10-24(33-2)25(17-22)34-3)20-26(35-23-7-5-4-6-8-23)27(31)29-18-21-11-13-28-14-12-21/h4-14,17,26H,15-16,18-20H2,1-3H3,(H,29,31). The number of para-hydroxylation sites is 1. The van der Waals surface area contributed by atoms with E-state index in [0.717, 1.165) is 11.1 Å². The summed E-state index contributed by atoms with van der Waals surface area (Å²) in [4.78, 5) is 19.4. The third kappa shape index (κ3) is 8.27. The van der Waals surface area contributed by atoms with E-state index in [-0.39, 0.29) is 5.91 Å². The van der Waals surface area contributed by atoms with E-state index in [1.165, 1.54) is 0 Å². The van der Waals surface area contributed by atoms with Crippen molar-refractivity contribution in [3.05, 3.63) is 84.2 Å². The number of carbonyl (C=O) groups excluding carboxylic acids is 1. The van der Waals surface area contributed by atoms with Crippen LogP contribution in [0.5, 0.6) is 17.2 Å². The van der Waals surface area contributed by atoms with E-state index in [1.807, 2.05) is 60.7 Å². The smallest absolute Gasteiger partial charge is 0.262 e. The number of benzene rings is 2. The molecule has 1 unspecified atom stereocenters. The molecule has 0 saturated heterocycles. The quantitative estimate of drug-likeness (QED) is 0.380. The molecular formula is C27H33N3O5. The van der Waals surface area contributed by atoms with Gasteiger partial charge in [-0.1, -0.05) is 24.3 Å². The van der Waals surface area contributed by atoms with Crippen molar-refractivity contribution in [2.24, 2.45) is 0 Å². The molecule has 0 aliphatic rings. The Balaban J connectivity index is 1.76. The normalized spacial score (nSPS) is 11.7. The summed E-state index contributed by atoms with van der Waals surface area (Å²) >= 11 is 0. The summed E-state index contributed by atoms with van der Waals surface area (Å²) in [6, 6.07) is 18.9. The predicted molar refractivity (Wildman–Crippen MR) is 134 cm³/mol. The third-order valence-corrected chi connectivity index (χ3v) is 5.42. The first-order chi connectivity index (χ1) is 17.1. The molecule has 2 aromatic carbocycles. The zero-order chi connectivity index (χ0) is 24.9. The maximum Gasteiger partial charge on any atom is 0.262 e.